The Morgan fingerprint density at radius 1 is 1.17 bits per heavy atom. The van der Waals surface area contributed by atoms with Crippen LogP contribution in [0.4, 0.5) is 11.5 Å². The lowest BCUT2D eigenvalue weighted by molar-refractivity contribution is -0.119. The predicted molar refractivity (Wildman–Crippen MR) is 93.2 cm³/mol. The Bertz CT molecular complexity index is 860. The smallest absolute Gasteiger partial charge is 0.249 e. The molecular formula is C18H19N5O. The molecule has 0 aliphatic carbocycles. The summed E-state index contributed by atoms with van der Waals surface area (Å²) in [5, 5.41) is 4.35. The minimum Gasteiger partial charge on any atom is -0.344 e. The van der Waals surface area contributed by atoms with Crippen molar-refractivity contribution in [3.05, 3.63) is 54.9 Å². The molecule has 1 aliphatic rings. The molecule has 3 heterocycles. The SMILES string of the molecule is CN(C(=O)[C@@H]1CCCN1c1ccnc2ccnn12)c1ccccc1. The second-order valence-electron chi connectivity index (χ2n) is 5.99. The van der Waals surface area contributed by atoms with Gasteiger partial charge < -0.3 is 9.80 Å². The molecule has 1 saturated heterocycles. The lowest BCUT2D eigenvalue weighted by Gasteiger charge is -2.29. The zero-order chi connectivity index (χ0) is 16.5. The summed E-state index contributed by atoms with van der Waals surface area (Å²) >= 11 is 0. The lowest BCUT2D eigenvalue weighted by atomic mass is 10.1. The van der Waals surface area contributed by atoms with E-state index >= 15 is 0 Å². The first-order valence-electron chi connectivity index (χ1n) is 8.14. The Hall–Kier alpha value is -2.89. The molecule has 1 aromatic carbocycles. The summed E-state index contributed by atoms with van der Waals surface area (Å²) in [5.41, 5.74) is 1.70. The van der Waals surface area contributed by atoms with Crippen molar-refractivity contribution >= 4 is 23.1 Å². The van der Waals surface area contributed by atoms with E-state index in [0.29, 0.717) is 0 Å². The first-order valence-corrected chi connectivity index (χ1v) is 8.14. The number of para-hydroxylation sites is 1. The molecule has 0 radical (unpaired) electrons. The molecule has 1 atom stereocenters. The quantitative estimate of drug-likeness (QED) is 0.743. The van der Waals surface area contributed by atoms with Crippen LogP contribution in [-0.4, -0.2) is 40.1 Å². The fourth-order valence-corrected chi connectivity index (χ4v) is 3.34. The standard InChI is InChI=1S/C18H19N5O/c1-21(14-6-3-2-4-7-14)18(24)15-8-5-13-22(15)17-10-11-19-16-9-12-20-23(16)17/h2-4,6-7,9-12,15H,5,8,13H2,1H3/t15-/m0/s1. The van der Waals surface area contributed by atoms with Crippen LogP contribution in [0.5, 0.6) is 0 Å². The zero-order valence-corrected chi connectivity index (χ0v) is 13.5. The molecule has 6 heteroatoms. The molecule has 2 aromatic heterocycles. The second-order valence-corrected chi connectivity index (χ2v) is 5.99. The number of benzene rings is 1. The maximum atomic E-state index is 13.0. The van der Waals surface area contributed by atoms with Crippen LogP contribution >= 0.6 is 0 Å². The van der Waals surface area contributed by atoms with Crippen LogP contribution in [0.3, 0.4) is 0 Å². The Kier molecular flexibility index (Phi) is 3.65. The van der Waals surface area contributed by atoms with Gasteiger partial charge in [-0.3, -0.25) is 4.79 Å². The summed E-state index contributed by atoms with van der Waals surface area (Å²) in [6, 6.07) is 13.4. The van der Waals surface area contributed by atoms with Crippen LogP contribution in [0, 0.1) is 0 Å². The van der Waals surface area contributed by atoms with E-state index in [1.807, 2.05) is 49.5 Å². The summed E-state index contributed by atoms with van der Waals surface area (Å²) in [6.07, 6.45) is 5.34. The summed E-state index contributed by atoms with van der Waals surface area (Å²) in [7, 11) is 1.84. The van der Waals surface area contributed by atoms with Crippen molar-refractivity contribution in [3.8, 4) is 0 Å². The van der Waals surface area contributed by atoms with E-state index in [-0.39, 0.29) is 11.9 Å². The fourth-order valence-electron chi connectivity index (χ4n) is 3.34. The van der Waals surface area contributed by atoms with Crippen molar-refractivity contribution in [2.45, 2.75) is 18.9 Å². The van der Waals surface area contributed by atoms with Crippen molar-refractivity contribution in [2.24, 2.45) is 0 Å². The third-order valence-corrected chi connectivity index (χ3v) is 4.58. The molecule has 0 saturated carbocycles. The number of fused-ring (bicyclic) bond motifs is 1. The number of likely N-dealkylation sites (N-methyl/N-ethyl adjacent to an activating group) is 1. The van der Waals surface area contributed by atoms with E-state index < -0.39 is 0 Å². The van der Waals surface area contributed by atoms with Gasteiger partial charge in [-0.1, -0.05) is 18.2 Å². The molecule has 122 valence electrons. The number of hydrogen-bond acceptors (Lipinski definition) is 4. The highest BCUT2D eigenvalue weighted by atomic mass is 16.2. The van der Waals surface area contributed by atoms with Gasteiger partial charge in [-0.05, 0) is 31.0 Å². The molecule has 0 unspecified atom stereocenters. The number of rotatable bonds is 3. The van der Waals surface area contributed by atoms with E-state index in [1.165, 1.54) is 0 Å². The van der Waals surface area contributed by atoms with Crippen LogP contribution in [0.25, 0.3) is 5.65 Å². The van der Waals surface area contributed by atoms with Gasteiger partial charge in [0.05, 0.1) is 6.20 Å². The molecule has 24 heavy (non-hydrogen) atoms. The molecule has 0 spiro atoms. The van der Waals surface area contributed by atoms with Gasteiger partial charge in [-0.15, -0.1) is 0 Å². The average Bonchev–Trinajstić information content (AvgIpc) is 3.30. The summed E-state index contributed by atoms with van der Waals surface area (Å²) < 4.78 is 1.80. The van der Waals surface area contributed by atoms with Gasteiger partial charge in [0, 0.05) is 31.5 Å². The Morgan fingerprint density at radius 3 is 2.83 bits per heavy atom. The maximum absolute atomic E-state index is 13.0. The van der Waals surface area contributed by atoms with E-state index in [9.17, 15) is 4.79 Å². The largest absolute Gasteiger partial charge is 0.344 e. The lowest BCUT2D eigenvalue weighted by Crippen LogP contribution is -2.45. The summed E-state index contributed by atoms with van der Waals surface area (Å²) in [4.78, 5) is 21.2. The molecule has 1 amide bonds. The van der Waals surface area contributed by atoms with Crippen LogP contribution in [-0.2, 0) is 4.79 Å². The highest BCUT2D eigenvalue weighted by Crippen LogP contribution is 2.27. The van der Waals surface area contributed by atoms with Crippen molar-refractivity contribution in [1.29, 1.82) is 0 Å². The van der Waals surface area contributed by atoms with E-state index in [2.05, 4.69) is 15.0 Å². The number of aromatic nitrogens is 3. The first kappa shape index (κ1) is 14.7. The van der Waals surface area contributed by atoms with Gasteiger partial charge in [-0.25, -0.2) is 4.98 Å². The number of amides is 1. The second kappa shape index (κ2) is 5.96. The van der Waals surface area contributed by atoms with Crippen molar-refractivity contribution in [2.75, 3.05) is 23.4 Å². The topological polar surface area (TPSA) is 53.7 Å². The van der Waals surface area contributed by atoms with Gasteiger partial charge in [-0.2, -0.15) is 9.61 Å². The Balaban J connectivity index is 1.65. The van der Waals surface area contributed by atoms with Gasteiger partial charge in [0.15, 0.2) is 5.65 Å². The summed E-state index contributed by atoms with van der Waals surface area (Å²) in [5.74, 6) is 1.03. The number of anilines is 2. The number of carbonyl (C=O) groups is 1. The molecule has 3 aromatic rings. The van der Waals surface area contributed by atoms with Crippen LogP contribution < -0.4 is 9.80 Å². The van der Waals surface area contributed by atoms with Crippen molar-refractivity contribution in [1.82, 2.24) is 14.6 Å². The van der Waals surface area contributed by atoms with E-state index in [0.717, 1.165) is 36.5 Å². The third kappa shape index (κ3) is 2.40. The first-order chi connectivity index (χ1) is 11.8. The normalized spacial score (nSPS) is 17.4. The van der Waals surface area contributed by atoms with E-state index in [4.69, 9.17) is 0 Å². The van der Waals surface area contributed by atoms with Crippen LogP contribution in [0.15, 0.2) is 54.9 Å². The van der Waals surface area contributed by atoms with Crippen molar-refractivity contribution in [3.63, 3.8) is 0 Å². The average molecular weight is 321 g/mol. The molecular weight excluding hydrogens is 302 g/mol. The molecule has 0 N–H and O–H groups in total. The fraction of sp³-hybridized carbons (Fsp3) is 0.278. The monoisotopic (exact) mass is 321 g/mol. The number of carbonyl (C=O) groups excluding carboxylic acids is 1. The van der Waals surface area contributed by atoms with Crippen molar-refractivity contribution < 1.29 is 4.79 Å². The molecule has 1 fully saturated rings. The zero-order valence-electron chi connectivity index (χ0n) is 13.5. The van der Waals surface area contributed by atoms with E-state index in [1.54, 1.807) is 21.8 Å². The predicted octanol–water partition coefficient (Wildman–Crippen LogP) is 2.36. The number of nitrogens with zero attached hydrogens (tertiary/aromatic N) is 5. The highest BCUT2D eigenvalue weighted by Gasteiger charge is 2.34. The molecule has 1 aliphatic heterocycles. The maximum Gasteiger partial charge on any atom is 0.249 e. The third-order valence-electron chi connectivity index (χ3n) is 4.58. The van der Waals surface area contributed by atoms with Gasteiger partial charge in [0.25, 0.3) is 0 Å². The Morgan fingerprint density at radius 2 is 2.00 bits per heavy atom. The molecule has 6 nitrogen and oxygen atoms in total. The highest BCUT2D eigenvalue weighted by molar-refractivity contribution is 5.98. The Labute approximate surface area is 140 Å². The summed E-state index contributed by atoms with van der Waals surface area (Å²) in [6.45, 7) is 0.845. The molecule has 4 rings (SSSR count). The minimum absolute atomic E-state index is 0.107. The number of hydrogen-bond donors (Lipinski definition) is 0. The van der Waals surface area contributed by atoms with Crippen LogP contribution in [0.1, 0.15) is 12.8 Å². The minimum atomic E-state index is -0.176. The van der Waals surface area contributed by atoms with Gasteiger partial charge in [0.1, 0.15) is 11.9 Å². The molecule has 0 bridgehead atoms. The van der Waals surface area contributed by atoms with Gasteiger partial charge in [0.2, 0.25) is 5.91 Å². The van der Waals surface area contributed by atoms with Crippen LogP contribution in [0.2, 0.25) is 0 Å². The van der Waals surface area contributed by atoms with Gasteiger partial charge >= 0.3 is 0 Å².